The van der Waals surface area contributed by atoms with Crippen LogP contribution < -0.4 is 14.4 Å². The molecular weight excluding hydrogens is 533 g/mol. The summed E-state index contributed by atoms with van der Waals surface area (Å²) in [6.45, 7) is 7.25. The molecule has 1 atom stereocenters. The normalized spacial score (nSPS) is 12.1. The van der Waals surface area contributed by atoms with E-state index in [4.69, 9.17) is 4.74 Å². The van der Waals surface area contributed by atoms with Crippen LogP contribution in [0.25, 0.3) is 0 Å². The lowest BCUT2D eigenvalue weighted by Gasteiger charge is -2.32. The molecule has 0 fully saturated rings. The summed E-state index contributed by atoms with van der Waals surface area (Å²) >= 11 is 0. The van der Waals surface area contributed by atoms with Gasteiger partial charge >= 0.3 is 0 Å². The van der Waals surface area contributed by atoms with Crippen LogP contribution in [0.5, 0.6) is 5.75 Å². The van der Waals surface area contributed by atoms with Crippen LogP contribution >= 0.6 is 0 Å². The summed E-state index contributed by atoms with van der Waals surface area (Å²) in [7, 11) is -2.67. The molecule has 0 heterocycles. The SMILES string of the molecule is COc1ccc(CN(C(=O)CN(c2ccc(F)cc2)S(=O)(=O)c2ccc(C)cc2)C(C)C(=O)NCC(C)C)cc1. The Morgan fingerprint density at radius 1 is 0.925 bits per heavy atom. The molecule has 3 rings (SSSR count). The van der Waals surface area contributed by atoms with Gasteiger partial charge in [-0.15, -0.1) is 0 Å². The fraction of sp³-hybridized carbons (Fsp3) is 0.333. The molecule has 0 aliphatic rings. The zero-order chi connectivity index (χ0) is 29.4. The third-order valence-electron chi connectivity index (χ3n) is 6.37. The third-order valence-corrected chi connectivity index (χ3v) is 8.15. The van der Waals surface area contributed by atoms with E-state index in [0.29, 0.717) is 12.3 Å². The van der Waals surface area contributed by atoms with Crippen molar-refractivity contribution >= 4 is 27.5 Å². The molecule has 40 heavy (non-hydrogen) atoms. The number of sulfonamides is 1. The van der Waals surface area contributed by atoms with Gasteiger partial charge in [0.1, 0.15) is 24.2 Å². The Kier molecular flexibility index (Phi) is 10.3. The molecule has 0 aliphatic heterocycles. The highest BCUT2D eigenvalue weighted by Crippen LogP contribution is 2.25. The molecule has 1 N–H and O–H groups in total. The lowest BCUT2D eigenvalue weighted by molar-refractivity contribution is -0.139. The maximum Gasteiger partial charge on any atom is 0.264 e. The number of nitrogens with zero attached hydrogens (tertiary/aromatic N) is 2. The van der Waals surface area contributed by atoms with Crippen molar-refractivity contribution < 1.29 is 27.1 Å². The minimum absolute atomic E-state index is 0.0142. The topological polar surface area (TPSA) is 96.0 Å². The lowest BCUT2D eigenvalue weighted by atomic mass is 10.1. The first-order chi connectivity index (χ1) is 18.9. The molecule has 0 spiro atoms. The van der Waals surface area contributed by atoms with Gasteiger partial charge in [-0.3, -0.25) is 13.9 Å². The van der Waals surface area contributed by atoms with Crippen LogP contribution in [0.2, 0.25) is 0 Å². The van der Waals surface area contributed by atoms with Gasteiger partial charge in [0.15, 0.2) is 0 Å². The summed E-state index contributed by atoms with van der Waals surface area (Å²) in [4.78, 5) is 28.2. The predicted octanol–water partition coefficient (Wildman–Crippen LogP) is 4.53. The van der Waals surface area contributed by atoms with Crippen LogP contribution in [0.3, 0.4) is 0 Å². The summed E-state index contributed by atoms with van der Waals surface area (Å²) in [5.74, 6) is -0.654. The van der Waals surface area contributed by atoms with E-state index in [9.17, 15) is 22.4 Å². The van der Waals surface area contributed by atoms with Gasteiger partial charge in [-0.05, 0) is 73.9 Å². The highest BCUT2D eigenvalue weighted by molar-refractivity contribution is 7.92. The van der Waals surface area contributed by atoms with E-state index in [1.54, 1.807) is 50.4 Å². The zero-order valence-electron chi connectivity index (χ0n) is 23.4. The maximum absolute atomic E-state index is 13.9. The number of benzene rings is 3. The van der Waals surface area contributed by atoms with Crippen molar-refractivity contribution in [1.82, 2.24) is 10.2 Å². The van der Waals surface area contributed by atoms with Crippen molar-refractivity contribution in [1.29, 1.82) is 0 Å². The van der Waals surface area contributed by atoms with Crippen molar-refractivity contribution in [3.8, 4) is 5.75 Å². The van der Waals surface area contributed by atoms with Crippen LogP contribution in [0.4, 0.5) is 10.1 Å². The fourth-order valence-electron chi connectivity index (χ4n) is 3.94. The standard InChI is InChI=1S/C30H36FN3O5S/c1-21(2)18-32-30(36)23(4)33(19-24-8-14-27(39-5)15-9-24)29(35)20-34(26-12-10-25(31)11-13-26)40(37,38)28-16-6-22(3)7-17-28/h6-17,21,23H,18-20H2,1-5H3,(H,32,36). The number of hydrogen-bond donors (Lipinski definition) is 1. The van der Waals surface area contributed by atoms with E-state index in [2.05, 4.69) is 5.32 Å². The largest absolute Gasteiger partial charge is 0.497 e. The molecule has 214 valence electrons. The van der Waals surface area contributed by atoms with Crippen LogP contribution in [-0.2, 0) is 26.2 Å². The second-order valence-corrected chi connectivity index (χ2v) is 11.8. The molecule has 0 aromatic heterocycles. The summed E-state index contributed by atoms with van der Waals surface area (Å²) in [5, 5.41) is 2.85. The number of aryl methyl sites for hydroxylation is 1. The number of nitrogens with one attached hydrogen (secondary N) is 1. The van der Waals surface area contributed by atoms with Crippen molar-refractivity contribution in [2.75, 3.05) is 24.5 Å². The number of hydrogen-bond acceptors (Lipinski definition) is 5. The van der Waals surface area contributed by atoms with Gasteiger partial charge in [0, 0.05) is 13.1 Å². The minimum atomic E-state index is -4.22. The highest BCUT2D eigenvalue weighted by Gasteiger charge is 2.32. The van der Waals surface area contributed by atoms with E-state index in [1.807, 2.05) is 20.8 Å². The monoisotopic (exact) mass is 569 g/mol. The fourth-order valence-corrected chi connectivity index (χ4v) is 5.35. The second-order valence-electron chi connectivity index (χ2n) is 9.99. The van der Waals surface area contributed by atoms with E-state index in [-0.39, 0.29) is 29.0 Å². The van der Waals surface area contributed by atoms with E-state index < -0.39 is 34.3 Å². The molecule has 3 aromatic carbocycles. The molecular formula is C30H36FN3O5S. The van der Waals surface area contributed by atoms with Gasteiger partial charge < -0.3 is 15.0 Å². The second kappa shape index (κ2) is 13.4. The summed E-state index contributed by atoms with van der Waals surface area (Å²) in [5.41, 5.74) is 1.72. The average Bonchev–Trinajstić information content (AvgIpc) is 2.93. The summed E-state index contributed by atoms with van der Waals surface area (Å²) in [6.07, 6.45) is 0. The van der Waals surface area contributed by atoms with Gasteiger partial charge in [-0.2, -0.15) is 0 Å². The van der Waals surface area contributed by atoms with Gasteiger partial charge in [0.25, 0.3) is 10.0 Å². The molecule has 0 radical (unpaired) electrons. The molecule has 8 nitrogen and oxygen atoms in total. The van der Waals surface area contributed by atoms with Gasteiger partial charge in [-0.25, -0.2) is 12.8 Å². The van der Waals surface area contributed by atoms with Gasteiger partial charge in [-0.1, -0.05) is 43.7 Å². The van der Waals surface area contributed by atoms with E-state index in [1.165, 1.54) is 29.2 Å². The predicted molar refractivity (Wildman–Crippen MR) is 153 cm³/mol. The number of rotatable bonds is 12. The number of carbonyl (C=O) groups is 2. The van der Waals surface area contributed by atoms with Crippen LogP contribution in [0, 0.1) is 18.7 Å². The van der Waals surface area contributed by atoms with Crippen LogP contribution in [0.15, 0.2) is 77.7 Å². The Morgan fingerprint density at radius 2 is 1.52 bits per heavy atom. The smallest absolute Gasteiger partial charge is 0.264 e. The van der Waals surface area contributed by atoms with E-state index >= 15 is 0 Å². The number of ether oxygens (including phenoxy) is 1. The molecule has 0 aliphatic carbocycles. The number of anilines is 1. The molecule has 3 aromatic rings. The molecule has 0 saturated carbocycles. The Hall–Kier alpha value is -3.92. The molecule has 1 unspecified atom stereocenters. The number of halogens is 1. The first-order valence-corrected chi connectivity index (χ1v) is 14.4. The van der Waals surface area contributed by atoms with Gasteiger partial charge in [0.05, 0.1) is 17.7 Å². The Bertz CT molecular complexity index is 1390. The number of carbonyl (C=O) groups excluding carboxylic acids is 2. The lowest BCUT2D eigenvalue weighted by Crippen LogP contribution is -2.51. The Morgan fingerprint density at radius 3 is 2.08 bits per heavy atom. The summed E-state index contributed by atoms with van der Waals surface area (Å²) < 4.78 is 47.4. The van der Waals surface area contributed by atoms with Crippen molar-refractivity contribution in [3.05, 3.63) is 89.7 Å². The van der Waals surface area contributed by atoms with Crippen LogP contribution in [0.1, 0.15) is 31.9 Å². The molecule has 10 heteroatoms. The molecule has 2 amide bonds. The summed E-state index contributed by atoms with van der Waals surface area (Å²) in [6, 6.07) is 17.3. The first-order valence-electron chi connectivity index (χ1n) is 13.0. The van der Waals surface area contributed by atoms with Crippen LogP contribution in [-0.4, -0.2) is 51.4 Å². The first kappa shape index (κ1) is 30.6. The van der Waals surface area contributed by atoms with Crippen molar-refractivity contribution in [2.45, 2.75) is 45.2 Å². The zero-order valence-corrected chi connectivity index (χ0v) is 24.2. The molecule has 0 saturated heterocycles. The molecule has 0 bridgehead atoms. The van der Waals surface area contributed by atoms with Crippen molar-refractivity contribution in [3.63, 3.8) is 0 Å². The third kappa shape index (κ3) is 7.81. The van der Waals surface area contributed by atoms with Crippen molar-refractivity contribution in [2.24, 2.45) is 5.92 Å². The Labute approximate surface area is 235 Å². The maximum atomic E-state index is 13.9. The highest BCUT2D eigenvalue weighted by atomic mass is 32.2. The number of amides is 2. The van der Waals surface area contributed by atoms with E-state index in [0.717, 1.165) is 27.6 Å². The quantitative estimate of drug-likeness (QED) is 0.346. The number of methoxy groups -OCH3 is 1. The van der Waals surface area contributed by atoms with Gasteiger partial charge in [0.2, 0.25) is 11.8 Å². The minimum Gasteiger partial charge on any atom is -0.497 e. The average molecular weight is 570 g/mol. The Balaban J connectivity index is 2.00.